The summed E-state index contributed by atoms with van der Waals surface area (Å²) in [6.07, 6.45) is 5.03. The average Bonchev–Trinajstić information content (AvgIpc) is 3.16. The lowest BCUT2D eigenvalue weighted by atomic mass is 10.2. The van der Waals surface area contributed by atoms with Crippen LogP contribution in [-0.2, 0) is 0 Å². The molecular formula is C23H28N4O3S. The molecule has 164 valence electrons. The molecule has 0 bridgehead atoms. The van der Waals surface area contributed by atoms with Gasteiger partial charge in [0.2, 0.25) is 4.77 Å². The maximum absolute atomic E-state index is 5.85. The third-order valence-electron chi connectivity index (χ3n) is 4.59. The van der Waals surface area contributed by atoms with Gasteiger partial charge in [-0.05, 0) is 61.5 Å². The van der Waals surface area contributed by atoms with Crippen LogP contribution in [0.2, 0.25) is 0 Å². The molecule has 2 aromatic carbocycles. The van der Waals surface area contributed by atoms with Crippen LogP contribution in [0.3, 0.4) is 0 Å². The molecule has 0 radical (unpaired) electrons. The van der Waals surface area contributed by atoms with Gasteiger partial charge in [-0.25, -0.2) is 5.10 Å². The summed E-state index contributed by atoms with van der Waals surface area (Å²) in [5.41, 5.74) is 1.66. The molecule has 0 unspecified atom stereocenters. The predicted octanol–water partition coefficient (Wildman–Crippen LogP) is 5.47. The number of H-pyrrole nitrogens is 1. The minimum atomic E-state index is 0.389. The van der Waals surface area contributed by atoms with Gasteiger partial charge in [0, 0.05) is 0 Å². The van der Waals surface area contributed by atoms with E-state index in [-0.39, 0.29) is 0 Å². The Morgan fingerprint density at radius 1 is 1.06 bits per heavy atom. The van der Waals surface area contributed by atoms with Crippen LogP contribution in [0.1, 0.15) is 38.7 Å². The Labute approximate surface area is 187 Å². The van der Waals surface area contributed by atoms with Gasteiger partial charge in [-0.2, -0.15) is 14.9 Å². The number of nitrogens with zero attached hydrogens (tertiary/aromatic N) is 3. The Kier molecular flexibility index (Phi) is 8.23. The number of ether oxygens (including phenoxy) is 3. The first-order valence-corrected chi connectivity index (χ1v) is 10.8. The summed E-state index contributed by atoms with van der Waals surface area (Å²) in [6, 6.07) is 13.4. The lowest BCUT2D eigenvalue weighted by Gasteiger charge is -2.11. The first-order valence-electron chi connectivity index (χ1n) is 10.4. The highest BCUT2D eigenvalue weighted by molar-refractivity contribution is 7.71. The Hall–Kier alpha value is -3.13. The van der Waals surface area contributed by atoms with Crippen molar-refractivity contribution in [1.82, 2.24) is 14.9 Å². The van der Waals surface area contributed by atoms with E-state index in [2.05, 4.69) is 22.2 Å². The maximum Gasteiger partial charge on any atom is 0.216 e. The van der Waals surface area contributed by atoms with Crippen LogP contribution in [0, 0.1) is 4.77 Å². The van der Waals surface area contributed by atoms with Crippen molar-refractivity contribution in [2.24, 2.45) is 5.10 Å². The van der Waals surface area contributed by atoms with Crippen molar-refractivity contribution in [1.29, 1.82) is 0 Å². The SMILES string of the molecule is CCCCCOc1ccc(/C=N\n2c(-c3ccccc3OCC)n[nH]c2=S)cc1OC. The topological polar surface area (TPSA) is 73.7 Å². The molecule has 0 spiro atoms. The summed E-state index contributed by atoms with van der Waals surface area (Å²) in [5.74, 6) is 2.69. The van der Waals surface area contributed by atoms with Crippen LogP contribution in [0.25, 0.3) is 11.4 Å². The van der Waals surface area contributed by atoms with E-state index in [1.807, 2.05) is 49.4 Å². The van der Waals surface area contributed by atoms with E-state index in [1.165, 1.54) is 0 Å². The number of unbranched alkanes of at least 4 members (excludes halogenated alkanes) is 2. The molecule has 3 aromatic rings. The van der Waals surface area contributed by atoms with Crippen molar-refractivity contribution in [2.45, 2.75) is 33.1 Å². The van der Waals surface area contributed by atoms with Crippen molar-refractivity contribution in [2.75, 3.05) is 20.3 Å². The second-order valence-electron chi connectivity index (χ2n) is 6.80. The zero-order valence-electron chi connectivity index (χ0n) is 18.1. The summed E-state index contributed by atoms with van der Waals surface area (Å²) in [6.45, 7) is 5.33. The van der Waals surface area contributed by atoms with Gasteiger partial charge in [-0.3, -0.25) is 0 Å². The molecular weight excluding hydrogens is 412 g/mol. The van der Waals surface area contributed by atoms with E-state index in [9.17, 15) is 0 Å². The first-order chi connectivity index (χ1) is 15.2. The van der Waals surface area contributed by atoms with Crippen LogP contribution < -0.4 is 14.2 Å². The molecule has 0 atom stereocenters. The maximum atomic E-state index is 5.85. The zero-order chi connectivity index (χ0) is 22.1. The summed E-state index contributed by atoms with van der Waals surface area (Å²) >= 11 is 5.38. The molecule has 0 saturated heterocycles. The Morgan fingerprint density at radius 3 is 2.68 bits per heavy atom. The van der Waals surface area contributed by atoms with Gasteiger partial charge < -0.3 is 14.2 Å². The highest BCUT2D eigenvalue weighted by Gasteiger charge is 2.13. The number of hydrogen-bond acceptors (Lipinski definition) is 6. The fourth-order valence-electron chi connectivity index (χ4n) is 3.05. The van der Waals surface area contributed by atoms with E-state index < -0.39 is 0 Å². The molecule has 0 aliphatic heterocycles. The Balaban J connectivity index is 1.85. The van der Waals surface area contributed by atoms with E-state index in [0.29, 0.717) is 29.6 Å². The highest BCUT2D eigenvalue weighted by atomic mass is 32.1. The highest BCUT2D eigenvalue weighted by Crippen LogP contribution is 2.29. The largest absolute Gasteiger partial charge is 0.493 e. The van der Waals surface area contributed by atoms with Crippen LogP contribution in [0.4, 0.5) is 0 Å². The third kappa shape index (κ3) is 5.73. The number of rotatable bonds is 11. The summed E-state index contributed by atoms with van der Waals surface area (Å²) < 4.78 is 19.0. The van der Waals surface area contributed by atoms with Gasteiger partial charge in [0.1, 0.15) is 5.75 Å². The molecule has 1 aromatic heterocycles. The van der Waals surface area contributed by atoms with Crippen LogP contribution in [-0.4, -0.2) is 41.4 Å². The number of nitrogens with one attached hydrogen (secondary N) is 1. The van der Waals surface area contributed by atoms with Crippen molar-refractivity contribution in [3.63, 3.8) is 0 Å². The summed E-state index contributed by atoms with van der Waals surface area (Å²) in [4.78, 5) is 0. The fraction of sp³-hybridized carbons (Fsp3) is 0.348. The van der Waals surface area contributed by atoms with E-state index in [0.717, 1.165) is 41.9 Å². The van der Waals surface area contributed by atoms with Gasteiger partial charge in [-0.15, -0.1) is 0 Å². The second-order valence-corrected chi connectivity index (χ2v) is 7.19. The van der Waals surface area contributed by atoms with Gasteiger partial charge in [0.25, 0.3) is 0 Å². The van der Waals surface area contributed by atoms with Crippen LogP contribution in [0.5, 0.6) is 17.2 Å². The molecule has 3 rings (SSSR count). The fourth-order valence-corrected chi connectivity index (χ4v) is 3.23. The zero-order valence-corrected chi connectivity index (χ0v) is 18.9. The number of benzene rings is 2. The Morgan fingerprint density at radius 2 is 1.90 bits per heavy atom. The molecule has 8 heteroatoms. The molecule has 1 heterocycles. The van der Waals surface area contributed by atoms with Gasteiger partial charge in [0.15, 0.2) is 17.3 Å². The van der Waals surface area contributed by atoms with Crippen molar-refractivity contribution in [3.8, 4) is 28.6 Å². The number of hydrogen-bond donors (Lipinski definition) is 1. The molecule has 0 aliphatic carbocycles. The van der Waals surface area contributed by atoms with Gasteiger partial charge in [0.05, 0.1) is 32.1 Å². The minimum absolute atomic E-state index is 0.389. The molecule has 7 nitrogen and oxygen atoms in total. The number of aromatic amines is 1. The molecule has 0 saturated carbocycles. The van der Waals surface area contributed by atoms with Crippen molar-refractivity contribution < 1.29 is 14.2 Å². The quantitative estimate of drug-likeness (QED) is 0.243. The lowest BCUT2D eigenvalue weighted by molar-refractivity contribution is 0.286. The van der Waals surface area contributed by atoms with Crippen LogP contribution in [0.15, 0.2) is 47.6 Å². The monoisotopic (exact) mass is 440 g/mol. The molecule has 31 heavy (non-hydrogen) atoms. The van der Waals surface area contributed by atoms with Crippen LogP contribution >= 0.6 is 12.2 Å². The number of aromatic nitrogens is 3. The molecule has 0 amide bonds. The summed E-state index contributed by atoms with van der Waals surface area (Å²) in [5, 5.41) is 11.7. The first kappa shape index (κ1) is 22.6. The standard InChI is InChI=1S/C23H28N4O3S/c1-4-6-9-14-30-20-13-12-17(15-21(20)28-3)16-24-27-22(25-26-23(27)31)18-10-7-8-11-19(18)29-5-2/h7-8,10-13,15-16H,4-6,9,14H2,1-3H3,(H,26,31)/b24-16-. The predicted molar refractivity (Wildman–Crippen MR) is 125 cm³/mol. The summed E-state index contributed by atoms with van der Waals surface area (Å²) in [7, 11) is 1.63. The van der Waals surface area contributed by atoms with E-state index in [1.54, 1.807) is 18.0 Å². The van der Waals surface area contributed by atoms with E-state index >= 15 is 0 Å². The van der Waals surface area contributed by atoms with Gasteiger partial charge in [-0.1, -0.05) is 31.9 Å². The average molecular weight is 441 g/mol. The number of para-hydroxylation sites is 1. The smallest absolute Gasteiger partial charge is 0.216 e. The minimum Gasteiger partial charge on any atom is -0.493 e. The lowest BCUT2D eigenvalue weighted by Crippen LogP contribution is -2.00. The molecule has 0 aliphatic rings. The second kappa shape index (κ2) is 11.3. The van der Waals surface area contributed by atoms with Crippen molar-refractivity contribution >= 4 is 18.4 Å². The third-order valence-corrected chi connectivity index (χ3v) is 4.86. The van der Waals surface area contributed by atoms with E-state index in [4.69, 9.17) is 26.4 Å². The Bertz CT molecular complexity index is 1070. The number of methoxy groups -OCH3 is 1. The van der Waals surface area contributed by atoms with Gasteiger partial charge >= 0.3 is 0 Å². The molecule has 1 N–H and O–H groups in total. The normalized spacial score (nSPS) is 11.1. The van der Waals surface area contributed by atoms with Crippen molar-refractivity contribution in [3.05, 3.63) is 52.8 Å². The molecule has 0 fully saturated rings.